The summed E-state index contributed by atoms with van der Waals surface area (Å²) in [5.74, 6) is 0.911. The van der Waals surface area contributed by atoms with Gasteiger partial charge in [-0.1, -0.05) is 56.0 Å². The second kappa shape index (κ2) is 10.3. The largest absolute Gasteiger partial charge is 0.352 e. The molecule has 1 aliphatic rings. The van der Waals surface area contributed by atoms with E-state index in [9.17, 15) is 4.79 Å². The Kier molecular flexibility index (Phi) is 7.80. The normalized spacial score (nSPS) is 16.5. The molecule has 1 fully saturated rings. The number of carbonyl (C=O) groups is 1. The number of thioether (sulfide) groups is 1. The van der Waals surface area contributed by atoms with Gasteiger partial charge in [0.2, 0.25) is 5.91 Å². The maximum atomic E-state index is 12.7. The molecule has 0 aliphatic heterocycles. The molecule has 1 saturated carbocycles. The molecule has 1 aromatic heterocycles. The second-order valence-corrected chi connectivity index (χ2v) is 9.17. The highest BCUT2D eigenvalue weighted by atomic mass is 35.5. The third-order valence-electron chi connectivity index (χ3n) is 5.12. The Balaban J connectivity index is 1.70. The number of benzene rings is 1. The van der Waals surface area contributed by atoms with E-state index in [-0.39, 0.29) is 11.2 Å². The quantitative estimate of drug-likeness (QED) is 0.485. The van der Waals surface area contributed by atoms with E-state index in [1.807, 2.05) is 31.2 Å². The molecule has 0 spiro atoms. The van der Waals surface area contributed by atoms with Crippen LogP contribution in [0.15, 0.2) is 29.4 Å². The summed E-state index contributed by atoms with van der Waals surface area (Å²) in [6.07, 6.45) is 8.14. The lowest BCUT2D eigenvalue weighted by Crippen LogP contribution is -2.39. The molecule has 152 valence electrons. The van der Waals surface area contributed by atoms with Crippen molar-refractivity contribution in [2.75, 3.05) is 0 Å². The molecule has 7 heteroatoms. The van der Waals surface area contributed by atoms with Crippen LogP contribution in [0.2, 0.25) is 5.02 Å². The first-order valence-electron chi connectivity index (χ1n) is 10.2. The van der Waals surface area contributed by atoms with Crippen molar-refractivity contribution in [1.29, 1.82) is 0 Å². The van der Waals surface area contributed by atoms with Crippen LogP contribution in [0.4, 0.5) is 0 Å². The minimum absolute atomic E-state index is 0.0935. The van der Waals surface area contributed by atoms with E-state index in [0.29, 0.717) is 11.1 Å². The highest BCUT2D eigenvalue weighted by Gasteiger charge is 2.23. The van der Waals surface area contributed by atoms with Gasteiger partial charge in [-0.3, -0.25) is 4.79 Å². The fourth-order valence-corrected chi connectivity index (χ4v) is 4.58. The van der Waals surface area contributed by atoms with Crippen molar-refractivity contribution in [2.45, 2.75) is 81.8 Å². The van der Waals surface area contributed by atoms with Crippen LogP contribution in [0.25, 0.3) is 11.4 Å². The van der Waals surface area contributed by atoms with Crippen molar-refractivity contribution >= 4 is 29.3 Å². The first-order valence-corrected chi connectivity index (χ1v) is 11.5. The predicted molar refractivity (Wildman–Crippen MR) is 116 cm³/mol. The van der Waals surface area contributed by atoms with Gasteiger partial charge in [0.25, 0.3) is 0 Å². The van der Waals surface area contributed by atoms with Crippen LogP contribution in [-0.4, -0.2) is 32.0 Å². The number of hydrogen-bond acceptors (Lipinski definition) is 4. The number of hydrogen-bond donors (Lipinski definition) is 1. The highest BCUT2D eigenvalue weighted by molar-refractivity contribution is 8.00. The second-order valence-electron chi connectivity index (χ2n) is 7.42. The maximum absolute atomic E-state index is 12.7. The number of aromatic nitrogens is 3. The monoisotopic (exact) mass is 420 g/mol. The Morgan fingerprint density at radius 3 is 2.54 bits per heavy atom. The molecule has 3 rings (SSSR count). The molecule has 1 aliphatic carbocycles. The van der Waals surface area contributed by atoms with Gasteiger partial charge in [-0.15, -0.1) is 10.2 Å². The van der Waals surface area contributed by atoms with Crippen LogP contribution in [0.3, 0.4) is 0 Å². The molecule has 0 saturated heterocycles. The summed E-state index contributed by atoms with van der Waals surface area (Å²) in [7, 11) is 0. The third-order valence-corrected chi connectivity index (χ3v) is 6.45. The Morgan fingerprint density at radius 1 is 1.21 bits per heavy atom. The van der Waals surface area contributed by atoms with Gasteiger partial charge in [0.15, 0.2) is 11.0 Å². The predicted octanol–water partition coefficient (Wildman–Crippen LogP) is 5.33. The van der Waals surface area contributed by atoms with Gasteiger partial charge < -0.3 is 9.88 Å². The van der Waals surface area contributed by atoms with Crippen LogP contribution in [0.5, 0.6) is 0 Å². The lowest BCUT2D eigenvalue weighted by Gasteiger charge is -2.19. The van der Waals surface area contributed by atoms with Crippen molar-refractivity contribution in [2.24, 2.45) is 0 Å². The van der Waals surface area contributed by atoms with E-state index < -0.39 is 0 Å². The van der Waals surface area contributed by atoms with Gasteiger partial charge in [-0.2, -0.15) is 0 Å². The number of nitrogens with one attached hydrogen (secondary N) is 1. The summed E-state index contributed by atoms with van der Waals surface area (Å²) in [6, 6.07) is 7.94. The molecule has 1 amide bonds. The summed E-state index contributed by atoms with van der Waals surface area (Å²) >= 11 is 7.49. The molecule has 0 radical (unpaired) electrons. The molecule has 1 N–H and O–H groups in total. The van der Waals surface area contributed by atoms with Crippen LogP contribution in [0, 0.1) is 0 Å². The lowest BCUT2D eigenvalue weighted by molar-refractivity contribution is -0.121. The molecule has 1 aromatic carbocycles. The van der Waals surface area contributed by atoms with Crippen molar-refractivity contribution in [3.05, 3.63) is 29.3 Å². The molecule has 5 nitrogen and oxygen atoms in total. The maximum Gasteiger partial charge on any atom is 0.233 e. The van der Waals surface area contributed by atoms with Crippen LogP contribution >= 0.6 is 23.4 Å². The molecule has 0 bridgehead atoms. The molecule has 1 heterocycles. The minimum atomic E-state index is -0.207. The first-order chi connectivity index (χ1) is 13.6. The number of halogens is 1. The standard InChI is InChI=1S/C21H29ClN4OS/c1-3-14-26-19(16-10-12-17(22)13-11-16)24-25-21(26)28-15(2)20(27)23-18-8-6-4-5-7-9-18/h10-13,15,18H,3-9,14H2,1-2H3,(H,23,27)/t15-/m1/s1. The average molecular weight is 421 g/mol. The molecule has 2 aromatic rings. The first kappa shape index (κ1) is 21.2. The van der Waals surface area contributed by atoms with Crippen LogP contribution in [0.1, 0.15) is 58.8 Å². The zero-order valence-electron chi connectivity index (χ0n) is 16.7. The van der Waals surface area contributed by atoms with Crippen LogP contribution < -0.4 is 5.32 Å². The molecule has 0 unspecified atom stereocenters. The number of carbonyl (C=O) groups excluding carboxylic acids is 1. The van der Waals surface area contributed by atoms with Gasteiger partial charge in [0.1, 0.15) is 0 Å². The number of rotatable bonds is 7. The van der Waals surface area contributed by atoms with Gasteiger partial charge in [-0.25, -0.2) is 0 Å². The van der Waals surface area contributed by atoms with Gasteiger partial charge in [-0.05, 0) is 50.5 Å². The van der Waals surface area contributed by atoms with Gasteiger partial charge in [0, 0.05) is 23.2 Å². The summed E-state index contributed by atoms with van der Waals surface area (Å²) < 4.78 is 2.10. The van der Waals surface area contributed by atoms with E-state index in [4.69, 9.17) is 11.6 Å². The Labute approximate surface area is 176 Å². The Morgan fingerprint density at radius 2 is 1.89 bits per heavy atom. The Bertz CT molecular complexity index is 769. The molecular formula is C21H29ClN4OS. The van der Waals surface area contributed by atoms with Gasteiger partial charge >= 0.3 is 0 Å². The van der Waals surface area contributed by atoms with Gasteiger partial charge in [0.05, 0.1) is 5.25 Å². The summed E-state index contributed by atoms with van der Waals surface area (Å²) in [5.41, 5.74) is 0.979. The number of nitrogens with zero attached hydrogens (tertiary/aromatic N) is 3. The van der Waals surface area contributed by atoms with Crippen molar-refractivity contribution < 1.29 is 4.79 Å². The van der Waals surface area contributed by atoms with Crippen molar-refractivity contribution in [3.8, 4) is 11.4 Å². The van der Waals surface area contributed by atoms with E-state index in [1.165, 1.54) is 37.4 Å². The summed E-state index contributed by atoms with van der Waals surface area (Å²) in [4.78, 5) is 12.7. The van der Waals surface area contributed by atoms with E-state index in [1.54, 1.807) is 0 Å². The van der Waals surface area contributed by atoms with Crippen molar-refractivity contribution in [3.63, 3.8) is 0 Å². The van der Waals surface area contributed by atoms with Crippen molar-refractivity contribution in [1.82, 2.24) is 20.1 Å². The summed E-state index contributed by atoms with van der Waals surface area (Å²) in [5, 5.41) is 13.3. The third kappa shape index (κ3) is 5.51. The fraction of sp³-hybridized carbons (Fsp3) is 0.571. The molecule has 1 atom stereocenters. The van der Waals surface area contributed by atoms with E-state index >= 15 is 0 Å². The molecular weight excluding hydrogens is 392 g/mol. The number of amides is 1. The smallest absolute Gasteiger partial charge is 0.233 e. The lowest BCUT2D eigenvalue weighted by atomic mass is 10.1. The zero-order chi connectivity index (χ0) is 19.9. The Hall–Kier alpha value is -1.53. The van der Waals surface area contributed by atoms with Crippen LogP contribution in [-0.2, 0) is 11.3 Å². The minimum Gasteiger partial charge on any atom is -0.352 e. The summed E-state index contributed by atoms with van der Waals surface area (Å²) in [6.45, 7) is 4.89. The zero-order valence-corrected chi connectivity index (χ0v) is 18.2. The SMILES string of the molecule is CCCn1c(S[C@H](C)C(=O)NC2CCCCCC2)nnc1-c1ccc(Cl)cc1. The van der Waals surface area contributed by atoms with E-state index in [2.05, 4.69) is 27.0 Å². The topological polar surface area (TPSA) is 59.8 Å². The van der Waals surface area contributed by atoms with E-state index in [0.717, 1.165) is 42.4 Å². The molecule has 28 heavy (non-hydrogen) atoms. The average Bonchev–Trinajstić information content (AvgIpc) is 2.90. The fourth-order valence-electron chi connectivity index (χ4n) is 3.57. The highest BCUT2D eigenvalue weighted by Crippen LogP contribution is 2.28.